The lowest BCUT2D eigenvalue weighted by Gasteiger charge is -2.69. The fraction of sp³-hybridized carbons (Fsp3) is 0.684. The summed E-state index contributed by atoms with van der Waals surface area (Å²) in [7, 11) is 0. The molecule has 3 aliphatic rings. The first-order valence-electron chi connectivity index (χ1n) is 8.77. The molecule has 4 atom stereocenters. The van der Waals surface area contributed by atoms with Crippen LogP contribution < -0.4 is 5.32 Å². The van der Waals surface area contributed by atoms with Gasteiger partial charge >= 0.3 is 0 Å². The molecule has 1 N–H and O–H groups in total. The zero-order valence-electron chi connectivity index (χ0n) is 13.3. The van der Waals surface area contributed by atoms with Crippen LogP contribution in [0.25, 0.3) is 0 Å². The lowest BCUT2D eigenvalue weighted by Crippen LogP contribution is -2.65. The topological polar surface area (TPSA) is 12.0 Å². The quantitative estimate of drug-likeness (QED) is 0.759. The maximum absolute atomic E-state index is 13.5. The first-order chi connectivity index (χ1) is 10.6. The lowest BCUT2D eigenvalue weighted by molar-refractivity contribution is -0.173. The summed E-state index contributed by atoms with van der Waals surface area (Å²) in [5.74, 6) is -0.706. The van der Waals surface area contributed by atoms with Gasteiger partial charge in [0.15, 0.2) is 11.6 Å². The predicted molar refractivity (Wildman–Crippen MR) is 84.7 cm³/mol. The van der Waals surface area contributed by atoms with E-state index in [-0.39, 0.29) is 0 Å². The molecule has 3 saturated carbocycles. The second kappa shape index (κ2) is 4.94. The Morgan fingerprint density at radius 2 is 1.82 bits per heavy atom. The molecule has 0 radical (unpaired) electrons. The van der Waals surface area contributed by atoms with E-state index in [9.17, 15) is 8.78 Å². The second-order valence-corrected chi connectivity index (χ2v) is 7.95. The zero-order chi connectivity index (χ0) is 15.4. The molecule has 0 heterocycles. The van der Waals surface area contributed by atoms with Crippen molar-refractivity contribution in [2.24, 2.45) is 16.7 Å². The van der Waals surface area contributed by atoms with Gasteiger partial charge in [0.05, 0.1) is 0 Å². The van der Waals surface area contributed by atoms with E-state index in [0.717, 1.165) is 18.0 Å². The molecule has 0 amide bonds. The summed E-state index contributed by atoms with van der Waals surface area (Å²) in [6.07, 6.45) is 10.4. The summed E-state index contributed by atoms with van der Waals surface area (Å²) < 4.78 is 26.7. The maximum atomic E-state index is 13.5. The smallest absolute Gasteiger partial charge is 0.160 e. The monoisotopic (exact) mass is 305 g/mol. The fourth-order valence-corrected chi connectivity index (χ4v) is 5.99. The molecule has 4 rings (SSSR count). The van der Waals surface area contributed by atoms with Crippen LogP contribution in [0.2, 0.25) is 0 Å². The second-order valence-electron chi connectivity index (χ2n) is 7.95. The molecular weight excluding hydrogens is 280 g/mol. The zero-order valence-corrected chi connectivity index (χ0v) is 13.3. The van der Waals surface area contributed by atoms with Crippen LogP contribution in [0.4, 0.5) is 14.5 Å². The molecular formula is C19H25F2N. The molecule has 0 aliphatic heterocycles. The van der Waals surface area contributed by atoms with Gasteiger partial charge in [-0.15, -0.1) is 0 Å². The van der Waals surface area contributed by atoms with Gasteiger partial charge in [-0.05, 0) is 67.4 Å². The Balaban J connectivity index is 1.64. The number of halogens is 2. The van der Waals surface area contributed by atoms with E-state index in [1.54, 1.807) is 6.07 Å². The Labute approximate surface area is 131 Å². The number of nitrogens with one attached hydrogen (secondary N) is 1. The van der Waals surface area contributed by atoms with Gasteiger partial charge in [-0.2, -0.15) is 0 Å². The molecule has 3 fully saturated rings. The summed E-state index contributed by atoms with van der Waals surface area (Å²) in [5.41, 5.74) is 1.57. The first kappa shape index (κ1) is 14.5. The molecule has 3 aliphatic carbocycles. The third-order valence-electron chi connectivity index (χ3n) is 7.15. The van der Waals surface area contributed by atoms with Crippen molar-refractivity contribution in [3.8, 4) is 0 Å². The van der Waals surface area contributed by atoms with E-state index in [1.807, 2.05) is 0 Å². The molecule has 3 unspecified atom stereocenters. The van der Waals surface area contributed by atoms with Gasteiger partial charge in [-0.25, -0.2) is 8.78 Å². The molecule has 1 spiro atoms. The van der Waals surface area contributed by atoms with Crippen molar-refractivity contribution in [2.45, 2.75) is 64.3 Å². The van der Waals surface area contributed by atoms with Crippen molar-refractivity contribution in [3.05, 3.63) is 29.8 Å². The summed E-state index contributed by atoms with van der Waals surface area (Å²) in [6.45, 7) is 2.47. The molecule has 3 heteroatoms. The summed E-state index contributed by atoms with van der Waals surface area (Å²) in [5, 5.41) is 3.59. The van der Waals surface area contributed by atoms with Crippen LogP contribution in [-0.2, 0) is 0 Å². The Hall–Kier alpha value is -1.12. The van der Waals surface area contributed by atoms with Crippen LogP contribution >= 0.6 is 0 Å². The third-order valence-corrected chi connectivity index (χ3v) is 7.15. The average molecular weight is 305 g/mol. The number of rotatable bonds is 2. The molecule has 0 bridgehead atoms. The number of hydrogen-bond donors (Lipinski definition) is 1. The van der Waals surface area contributed by atoms with Crippen molar-refractivity contribution in [3.63, 3.8) is 0 Å². The van der Waals surface area contributed by atoms with E-state index < -0.39 is 11.6 Å². The van der Waals surface area contributed by atoms with Crippen LogP contribution in [0.1, 0.15) is 58.3 Å². The molecule has 1 aromatic carbocycles. The minimum absolute atomic E-state index is 0.383. The van der Waals surface area contributed by atoms with Crippen molar-refractivity contribution < 1.29 is 8.78 Å². The Morgan fingerprint density at radius 1 is 1.00 bits per heavy atom. The van der Waals surface area contributed by atoms with Crippen molar-refractivity contribution in [1.29, 1.82) is 0 Å². The van der Waals surface area contributed by atoms with Gasteiger partial charge in [0, 0.05) is 17.8 Å². The van der Waals surface area contributed by atoms with Crippen LogP contribution in [0, 0.1) is 28.4 Å². The first-order valence-corrected chi connectivity index (χ1v) is 8.77. The molecule has 120 valence electrons. The van der Waals surface area contributed by atoms with Crippen LogP contribution in [-0.4, -0.2) is 6.04 Å². The number of hydrogen-bond acceptors (Lipinski definition) is 1. The normalized spacial score (nSPS) is 40.3. The van der Waals surface area contributed by atoms with E-state index in [4.69, 9.17) is 0 Å². The van der Waals surface area contributed by atoms with Crippen molar-refractivity contribution >= 4 is 5.69 Å². The highest BCUT2D eigenvalue weighted by Crippen LogP contribution is 2.71. The van der Waals surface area contributed by atoms with Crippen LogP contribution in [0.3, 0.4) is 0 Å². The van der Waals surface area contributed by atoms with Gasteiger partial charge in [-0.1, -0.05) is 19.8 Å². The highest BCUT2D eigenvalue weighted by molar-refractivity contribution is 5.45. The third kappa shape index (κ3) is 1.87. The Morgan fingerprint density at radius 3 is 2.55 bits per heavy atom. The van der Waals surface area contributed by atoms with Crippen LogP contribution in [0.15, 0.2) is 18.2 Å². The van der Waals surface area contributed by atoms with Gasteiger partial charge in [0.2, 0.25) is 0 Å². The summed E-state index contributed by atoms with van der Waals surface area (Å²) >= 11 is 0. The molecule has 1 nitrogen and oxygen atoms in total. The van der Waals surface area contributed by atoms with E-state index in [0.29, 0.717) is 16.9 Å². The van der Waals surface area contributed by atoms with Gasteiger partial charge in [0.1, 0.15) is 0 Å². The number of anilines is 1. The largest absolute Gasteiger partial charge is 0.382 e. The lowest BCUT2D eigenvalue weighted by atomic mass is 9.37. The SMILES string of the molecule is C[C@]12CCCC3CCCC(Nc4ccc(F)c(F)c4)C31CC2. The maximum Gasteiger partial charge on any atom is 0.160 e. The van der Waals surface area contributed by atoms with Crippen LogP contribution in [0.5, 0.6) is 0 Å². The minimum Gasteiger partial charge on any atom is -0.382 e. The standard InChI is InChI=1S/C19H25F2N/c1-18-9-3-5-13-4-2-6-17(19(13,18)11-10-18)22-14-7-8-15(20)16(21)12-14/h7-8,12-13,17,22H,2-6,9-11H2,1H3/t13?,17?,18-,19?/m1/s1. The summed E-state index contributed by atoms with van der Waals surface area (Å²) in [4.78, 5) is 0. The molecule has 0 saturated heterocycles. The van der Waals surface area contributed by atoms with Gasteiger partial charge < -0.3 is 5.32 Å². The summed E-state index contributed by atoms with van der Waals surface area (Å²) in [6, 6.07) is 4.64. The Kier molecular flexibility index (Phi) is 3.25. The molecule has 0 aromatic heterocycles. The predicted octanol–water partition coefficient (Wildman–Crippen LogP) is 5.52. The highest BCUT2D eigenvalue weighted by Gasteiger charge is 2.64. The van der Waals surface area contributed by atoms with Gasteiger partial charge in [-0.3, -0.25) is 0 Å². The highest BCUT2D eigenvalue weighted by atomic mass is 19.2. The minimum atomic E-state index is -0.767. The Bertz CT molecular complexity index is 585. The molecule has 22 heavy (non-hydrogen) atoms. The van der Waals surface area contributed by atoms with Gasteiger partial charge in [0.25, 0.3) is 0 Å². The van der Waals surface area contributed by atoms with E-state index in [2.05, 4.69) is 12.2 Å². The fourth-order valence-electron chi connectivity index (χ4n) is 5.99. The van der Waals surface area contributed by atoms with Crippen molar-refractivity contribution in [1.82, 2.24) is 0 Å². The molecule has 1 aromatic rings. The van der Waals surface area contributed by atoms with E-state index >= 15 is 0 Å². The number of benzene rings is 1. The van der Waals surface area contributed by atoms with E-state index in [1.165, 1.54) is 57.1 Å². The van der Waals surface area contributed by atoms with Crippen molar-refractivity contribution in [2.75, 3.05) is 5.32 Å². The average Bonchev–Trinajstić information content (AvgIpc) is 2.49.